The summed E-state index contributed by atoms with van der Waals surface area (Å²) in [5.41, 5.74) is 9.10. The Balaban J connectivity index is 1.63. The number of nitro benzene ring substituents is 1. The smallest absolute Gasteiger partial charge is 0.271 e. The maximum absolute atomic E-state index is 11.0. The van der Waals surface area contributed by atoms with Gasteiger partial charge in [-0.2, -0.15) is 4.98 Å². The van der Waals surface area contributed by atoms with Gasteiger partial charge in [0.1, 0.15) is 5.82 Å². The van der Waals surface area contributed by atoms with Crippen molar-refractivity contribution in [1.29, 1.82) is 0 Å². The number of morpholine rings is 1. The molecular formula is C20H20N6O3. The lowest BCUT2D eigenvalue weighted by Gasteiger charge is -2.29. The van der Waals surface area contributed by atoms with Crippen LogP contribution in [0.3, 0.4) is 0 Å². The molecule has 1 saturated heterocycles. The summed E-state index contributed by atoms with van der Waals surface area (Å²) in [6.07, 6.45) is 1.64. The van der Waals surface area contributed by atoms with Crippen LogP contribution in [0.4, 0.5) is 28.8 Å². The van der Waals surface area contributed by atoms with Crippen molar-refractivity contribution in [2.75, 3.05) is 42.3 Å². The molecule has 3 N–H and O–H groups in total. The van der Waals surface area contributed by atoms with Crippen molar-refractivity contribution in [1.82, 2.24) is 9.97 Å². The van der Waals surface area contributed by atoms with Gasteiger partial charge in [0.25, 0.3) is 5.69 Å². The van der Waals surface area contributed by atoms with Crippen LogP contribution >= 0.6 is 0 Å². The van der Waals surface area contributed by atoms with Crippen LogP contribution < -0.4 is 16.0 Å². The summed E-state index contributed by atoms with van der Waals surface area (Å²) in [5.74, 6) is 0.601. The number of nitrogens with two attached hydrogens (primary N) is 1. The second-order valence-electron chi connectivity index (χ2n) is 6.57. The van der Waals surface area contributed by atoms with Crippen LogP contribution in [0.25, 0.3) is 11.1 Å². The van der Waals surface area contributed by atoms with E-state index in [0.29, 0.717) is 11.5 Å². The fourth-order valence-corrected chi connectivity index (χ4v) is 3.21. The highest BCUT2D eigenvalue weighted by atomic mass is 16.6. The van der Waals surface area contributed by atoms with Crippen LogP contribution in [-0.2, 0) is 4.74 Å². The minimum atomic E-state index is -0.440. The zero-order valence-corrected chi connectivity index (χ0v) is 15.6. The van der Waals surface area contributed by atoms with Gasteiger partial charge in [-0.3, -0.25) is 10.1 Å². The van der Waals surface area contributed by atoms with Crippen molar-refractivity contribution in [3.05, 3.63) is 64.8 Å². The molecule has 0 amide bonds. The van der Waals surface area contributed by atoms with E-state index in [2.05, 4.69) is 20.2 Å². The molecule has 0 unspecified atom stereocenters. The highest BCUT2D eigenvalue weighted by molar-refractivity contribution is 5.79. The fraction of sp³-hybridized carbons (Fsp3) is 0.200. The number of rotatable bonds is 5. The van der Waals surface area contributed by atoms with E-state index in [0.717, 1.165) is 43.1 Å². The normalized spacial score (nSPS) is 13.9. The Morgan fingerprint density at radius 2 is 1.90 bits per heavy atom. The Bertz CT molecular complexity index is 1020. The molecule has 1 aliphatic rings. The molecule has 1 fully saturated rings. The van der Waals surface area contributed by atoms with Gasteiger partial charge in [-0.15, -0.1) is 0 Å². The monoisotopic (exact) mass is 392 g/mol. The molecule has 0 radical (unpaired) electrons. The largest absolute Gasteiger partial charge is 0.378 e. The number of non-ortho nitro benzene ring substituents is 1. The molecule has 2 heterocycles. The van der Waals surface area contributed by atoms with Crippen molar-refractivity contribution in [3.8, 4) is 11.1 Å². The van der Waals surface area contributed by atoms with Gasteiger partial charge in [-0.1, -0.05) is 18.2 Å². The van der Waals surface area contributed by atoms with E-state index < -0.39 is 4.92 Å². The minimum absolute atomic E-state index is 0.00607. The van der Waals surface area contributed by atoms with Crippen molar-refractivity contribution >= 4 is 28.8 Å². The quantitative estimate of drug-likeness (QED) is 0.502. The number of hydrogen-bond acceptors (Lipinski definition) is 8. The van der Waals surface area contributed by atoms with Gasteiger partial charge in [-0.25, -0.2) is 4.98 Å². The molecule has 0 bridgehead atoms. The standard InChI is InChI=1S/C20H20N6O3/c21-20-22-13-18(14-4-6-16(7-5-14)25-8-10-29-11-9-25)19(24-20)23-15-2-1-3-17(12-15)26(27)28/h1-7,12-13H,8-11H2,(H3,21,22,23,24). The van der Waals surface area contributed by atoms with Gasteiger partial charge in [0.05, 0.1) is 18.1 Å². The molecule has 0 atom stereocenters. The number of anilines is 4. The topological polar surface area (TPSA) is 119 Å². The SMILES string of the molecule is Nc1ncc(-c2ccc(N3CCOCC3)cc2)c(Nc2cccc([N+](=O)[O-])c2)n1. The average molecular weight is 392 g/mol. The lowest BCUT2D eigenvalue weighted by Crippen LogP contribution is -2.36. The Labute approximate surface area is 167 Å². The third kappa shape index (κ3) is 4.25. The zero-order chi connectivity index (χ0) is 20.2. The van der Waals surface area contributed by atoms with Gasteiger partial charge in [-0.05, 0) is 23.8 Å². The average Bonchev–Trinajstić information content (AvgIpc) is 2.75. The van der Waals surface area contributed by atoms with E-state index in [-0.39, 0.29) is 11.6 Å². The molecule has 148 valence electrons. The molecule has 2 aromatic carbocycles. The summed E-state index contributed by atoms with van der Waals surface area (Å²) in [4.78, 5) is 21.3. The second kappa shape index (κ2) is 8.11. The zero-order valence-electron chi connectivity index (χ0n) is 15.6. The fourth-order valence-electron chi connectivity index (χ4n) is 3.21. The first-order valence-corrected chi connectivity index (χ1v) is 9.17. The van der Waals surface area contributed by atoms with Crippen LogP contribution in [0, 0.1) is 10.1 Å². The minimum Gasteiger partial charge on any atom is -0.378 e. The van der Waals surface area contributed by atoms with Crippen molar-refractivity contribution in [2.45, 2.75) is 0 Å². The molecule has 1 aliphatic heterocycles. The maximum atomic E-state index is 11.0. The Morgan fingerprint density at radius 3 is 2.62 bits per heavy atom. The summed E-state index contributed by atoms with van der Waals surface area (Å²) >= 11 is 0. The van der Waals surface area contributed by atoms with Crippen molar-refractivity contribution in [2.24, 2.45) is 0 Å². The van der Waals surface area contributed by atoms with Crippen LogP contribution in [0.1, 0.15) is 0 Å². The van der Waals surface area contributed by atoms with E-state index in [1.54, 1.807) is 18.3 Å². The summed E-state index contributed by atoms with van der Waals surface area (Å²) in [5, 5.41) is 14.2. The molecular weight excluding hydrogens is 372 g/mol. The summed E-state index contributed by atoms with van der Waals surface area (Å²) in [7, 11) is 0. The van der Waals surface area contributed by atoms with Gasteiger partial charge in [0.2, 0.25) is 5.95 Å². The van der Waals surface area contributed by atoms with Gasteiger partial charge < -0.3 is 20.7 Å². The molecule has 9 heteroatoms. The van der Waals surface area contributed by atoms with E-state index in [9.17, 15) is 10.1 Å². The number of aromatic nitrogens is 2. The maximum Gasteiger partial charge on any atom is 0.271 e. The molecule has 29 heavy (non-hydrogen) atoms. The molecule has 1 aromatic heterocycles. The first-order valence-electron chi connectivity index (χ1n) is 9.17. The highest BCUT2D eigenvalue weighted by Gasteiger charge is 2.14. The van der Waals surface area contributed by atoms with Crippen LogP contribution in [0.15, 0.2) is 54.7 Å². The van der Waals surface area contributed by atoms with Gasteiger partial charge >= 0.3 is 0 Å². The summed E-state index contributed by atoms with van der Waals surface area (Å²) < 4.78 is 5.40. The van der Waals surface area contributed by atoms with Gasteiger partial charge in [0.15, 0.2) is 0 Å². The lowest BCUT2D eigenvalue weighted by atomic mass is 10.1. The molecule has 4 rings (SSSR count). The summed E-state index contributed by atoms with van der Waals surface area (Å²) in [6.45, 7) is 3.18. The summed E-state index contributed by atoms with van der Waals surface area (Å²) in [6, 6.07) is 14.3. The number of hydrogen-bond donors (Lipinski definition) is 2. The molecule has 0 aliphatic carbocycles. The molecule has 0 spiro atoms. The predicted octanol–water partition coefficient (Wildman–Crippen LogP) is 3.21. The Hall–Kier alpha value is -3.72. The molecule has 9 nitrogen and oxygen atoms in total. The van der Waals surface area contributed by atoms with Gasteiger partial charge in [0, 0.05) is 48.4 Å². The van der Waals surface area contributed by atoms with Crippen molar-refractivity contribution in [3.63, 3.8) is 0 Å². The Kier molecular flexibility index (Phi) is 5.21. The number of ether oxygens (including phenoxy) is 1. The third-order valence-electron chi connectivity index (χ3n) is 4.68. The molecule has 0 saturated carbocycles. The second-order valence-corrected chi connectivity index (χ2v) is 6.57. The third-order valence-corrected chi connectivity index (χ3v) is 4.68. The van der Waals surface area contributed by atoms with E-state index >= 15 is 0 Å². The molecule has 3 aromatic rings. The predicted molar refractivity (Wildman–Crippen MR) is 111 cm³/mol. The number of nitrogen functional groups attached to an aromatic ring is 1. The van der Waals surface area contributed by atoms with Crippen LogP contribution in [-0.4, -0.2) is 41.2 Å². The van der Waals surface area contributed by atoms with Crippen LogP contribution in [0.5, 0.6) is 0 Å². The lowest BCUT2D eigenvalue weighted by molar-refractivity contribution is -0.384. The Morgan fingerprint density at radius 1 is 1.14 bits per heavy atom. The van der Waals surface area contributed by atoms with E-state index in [4.69, 9.17) is 10.5 Å². The number of nitrogens with zero attached hydrogens (tertiary/aromatic N) is 4. The number of nitrogens with one attached hydrogen (secondary N) is 1. The first-order chi connectivity index (χ1) is 14.1. The first kappa shape index (κ1) is 18.6. The number of nitro groups is 1. The highest BCUT2D eigenvalue weighted by Crippen LogP contribution is 2.31. The van der Waals surface area contributed by atoms with Crippen LogP contribution in [0.2, 0.25) is 0 Å². The van der Waals surface area contributed by atoms with E-state index in [1.165, 1.54) is 12.1 Å². The van der Waals surface area contributed by atoms with E-state index in [1.807, 2.05) is 24.3 Å². The number of benzene rings is 2. The van der Waals surface area contributed by atoms with Crippen molar-refractivity contribution < 1.29 is 9.66 Å².